The molecule has 25 heavy (non-hydrogen) atoms. The summed E-state index contributed by atoms with van der Waals surface area (Å²) < 4.78 is 3.15. The third-order valence-corrected chi connectivity index (χ3v) is 4.36. The van der Waals surface area contributed by atoms with Crippen molar-refractivity contribution in [2.75, 3.05) is 26.2 Å². The Morgan fingerprint density at radius 1 is 1.20 bits per heavy atom. The molecule has 0 spiro atoms. The van der Waals surface area contributed by atoms with Gasteiger partial charge in [-0.15, -0.1) is 0 Å². The average Bonchev–Trinajstić information content (AvgIpc) is 3.22. The molecule has 0 aliphatic carbocycles. The van der Waals surface area contributed by atoms with Crippen molar-refractivity contribution in [3.63, 3.8) is 0 Å². The van der Waals surface area contributed by atoms with E-state index in [1.54, 1.807) is 4.68 Å². The van der Waals surface area contributed by atoms with E-state index in [1.807, 2.05) is 24.3 Å². The van der Waals surface area contributed by atoms with Gasteiger partial charge in [-0.25, -0.2) is 4.79 Å². The standard InChI is InChI=1S/C16H22N6O3/c1-19-11-13(10-18-19)12-20-6-8-21(9-7-20)15(23)3-5-22-14(16(24)25)2-4-17-22/h2,4,10-11H,3,5-9,12H2,1H3,(H,24,25). The summed E-state index contributed by atoms with van der Waals surface area (Å²) in [4.78, 5) is 27.5. The van der Waals surface area contributed by atoms with Crippen molar-refractivity contribution >= 4 is 11.9 Å². The summed E-state index contributed by atoms with van der Waals surface area (Å²) in [5.41, 5.74) is 1.27. The van der Waals surface area contributed by atoms with Crippen LogP contribution in [0.5, 0.6) is 0 Å². The Labute approximate surface area is 145 Å². The average molecular weight is 346 g/mol. The van der Waals surface area contributed by atoms with Gasteiger partial charge in [-0.05, 0) is 6.07 Å². The first-order chi connectivity index (χ1) is 12.0. The van der Waals surface area contributed by atoms with Gasteiger partial charge in [-0.3, -0.25) is 19.1 Å². The number of aromatic nitrogens is 4. The van der Waals surface area contributed by atoms with Gasteiger partial charge in [-0.1, -0.05) is 0 Å². The second-order valence-electron chi connectivity index (χ2n) is 6.17. The topological polar surface area (TPSA) is 96.5 Å². The second-order valence-corrected chi connectivity index (χ2v) is 6.17. The predicted molar refractivity (Wildman–Crippen MR) is 88.9 cm³/mol. The van der Waals surface area contributed by atoms with Crippen molar-refractivity contribution in [1.29, 1.82) is 0 Å². The predicted octanol–water partition coefficient (Wildman–Crippen LogP) is 0.0493. The van der Waals surface area contributed by atoms with Gasteiger partial charge in [0.1, 0.15) is 5.69 Å². The Kier molecular flexibility index (Phi) is 5.13. The van der Waals surface area contributed by atoms with Crippen LogP contribution in [0.1, 0.15) is 22.5 Å². The molecule has 1 amide bonds. The number of nitrogens with zero attached hydrogens (tertiary/aromatic N) is 6. The second kappa shape index (κ2) is 7.47. The molecule has 134 valence electrons. The molecular formula is C16H22N6O3. The van der Waals surface area contributed by atoms with Gasteiger partial charge in [0.15, 0.2) is 0 Å². The largest absolute Gasteiger partial charge is 0.477 e. The van der Waals surface area contributed by atoms with Crippen molar-refractivity contribution in [2.24, 2.45) is 7.05 Å². The molecule has 1 aliphatic heterocycles. The number of amides is 1. The first kappa shape index (κ1) is 17.2. The SMILES string of the molecule is Cn1cc(CN2CCN(C(=O)CCn3nccc3C(=O)O)CC2)cn1. The summed E-state index contributed by atoms with van der Waals surface area (Å²) in [6.45, 7) is 4.13. The van der Waals surface area contributed by atoms with E-state index in [0.717, 1.165) is 19.6 Å². The molecule has 1 saturated heterocycles. The van der Waals surface area contributed by atoms with Gasteiger partial charge in [0.2, 0.25) is 5.91 Å². The lowest BCUT2D eigenvalue weighted by atomic mass is 10.2. The Bertz CT molecular complexity index is 745. The number of hydrogen-bond donors (Lipinski definition) is 1. The van der Waals surface area contributed by atoms with Gasteiger partial charge in [-0.2, -0.15) is 10.2 Å². The number of carbonyl (C=O) groups excluding carboxylic acids is 1. The summed E-state index contributed by atoms with van der Waals surface area (Å²) in [5.74, 6) is -0.998. The molecular weight excluding hydrogens is 324 g/mol. The number of piperazine rings is 1. The van der Waals surface area contributed by atoms with Crippen molar-refractivity contribution < 1.29 is 14.7 Å². The van der Waals surface area contributed by atoms with E-state index < -0.39 is 5.97 Å². The molecule has 1 N–H and O–H groups in total. The van der Waals surface area contributed by atoms with Gasteiger partial charge in [0.25, 0.3) is 0 Å². The van der Waals surface area contributed by atoms with Crippen LogP contribution in [0.3, 0.4) is 0 Å². The monoisotopic (exact) mass is 346 g/mol. The third kappa shape index (κ3) is 4.24. The van der Waals surface area contributed by atoms with Crippen molar-refractivity contribution in [3.8, 4) is 0 Å². The van der Waals surface area contributed by atoms with Gasteiger partial charge in [0, 0.05) is 64.1 Å². The molecule has 1 fully saturated rings. The Morgan fingerprint density at radius 3 is 2.60 bits per heavy atom. The molecule has 0 saturated carbocycles. The minimum absolute atomic E-state index is 0.0351. The zero-order chi connectivity index (χ0) is 17.8. The number of carboxylic acid groups (broad SMARTS) is 1. The van der Waals surface area contributed by atoms with Crippen LogP contribution in [0.15, 0.2) is 24.7 Å². The van der Waals surface area contributed by atoms with E-state index in [2.05, 4.69) is 15.1 Å². The van der Waals surface area contributed by atoms with E-state index >= 15 is 0 Å². The maximum Gasteiger partial charge on any atom is 0.354 e. The first-order valence-corrected chi connectivity index (χ1v) is 8.25. The van der Waals surface area contributed by atoms with E-state index in [0.29, 0.717) is 13.1 Å². The van der Waals surface area contributed by atoms with Crippen molar-refractivity contribution in [2.45, 2.75) is 19.5 Å². The van der Waals surface area contributed by atoms with Crippen LogP contribution in [-0.2, 0) is 24.9 Å². The number of carboxylic acids is 1. The van der Waals surface area contributed by atoms with Crippen molar-refractivity contribution in [3.05, 3.63) is 35.9 Å². The summed E-state index contributed by atoms with van der Waals surface area (Å²) in [7, 11) is 1.90. The quantitative estimate of drug-likeness (QED) is 0.794. The summed E-state index contributed by atoms with van der Waals surface area (Å²) in [6.07, 6.45) is 5.55. The molecule has 1 aliphatic rings. The molecule has 9 heteroatoms. The molecule has 2 aromatic heterocycles. The lowest BCUT2D eigenvalue weighted by Gasteiger charge is -2.34. The molecule has 3 rings (SSSR count). The smallest absolute Gasteiger partial charge is 0.354 e. The van der Waals surface area contributed by atoms with Gasteiger partial charge in [0.05, 0.1) is 12.7 Å². The minimum atomic E-state index is -1.03. The van der Waals surface area contributed by atoms with Crippen LogP contribution in [0.25, 0.3) is 0 Å². The van der Waals surface area contributed by atoms with Crippen molar-refractivity contribution in [1.82, 2.24) is 29.4 Å². The third-order valence-electron chi connectivity index (χ3n) is 4.36. The fourth-order valence-corrected chi connectivity index (χ4v) is 3.02. The highest BCUT2D eigenvalue weighted by Gasteiger charge is 2.21. The van der Waals surface area contributed by atoms with E-state index in [4.69, 9.17) is 5.11 Å². The lowest BCUT2D eigenvalue weighted by molar-refractivity contribution is -0.133. The molecule has 9 nitrogen and oxygen atoms in total. The van der Waals surface area contributed by atoms with Crippen LogP contribution >= 0.6 is 0 Å². The number of carbonyl (C=O) groups is 2. The van der Waals surface area contributed by atoms with Gasteiger partial charge < -0.3 is 10.0 Å². The van der Waals surface area contributed by atoms with Gasteiger partial charge >= 0.3 is 5.97 Å². The Morgan fingerprint density at radius 2 is 1.96 bits per heavy atom. The molecule has 3 heterocycles. The summed E-state index contributed by atoms with van der Waals surface area (Å²) in [5, 5.41) is 17.2. The Hall–Kier alpha value is -2.68. The summed E-state index contributed by atoms with van der Waals surface area (Å²) >= 11 is 0. The number of hydrogen-bond acceptors (Lipinski definition) is 5. The first-order valence-electron chi connectivity index (χ1n) is 8.25. The number of aromatic carboxylic acids is 1. The van der Waals surface area contributed by atoms with E-state index in [-0.39, 0.29) is 24.6 Å². The highest BCUT2D eigenvalue weighted by molar-refractivity contribution is 5.85. The highest BCUT2D eigenvalue weighted by atomic mass is 16.4. The maximum atomic E-state index is 12.3. The maximum absolute atomic E-state index is 12.3. The zero-order valence-electron chi connectivity index (χ0n) is 14.2. The molecule has 0 unspecified atom stereocenters. The summed E-state index contributed by atoms with van der Waals surface area (Å²) in [6, 6.07) is 1.43. The molecule has 0 radical (unpaired) electrons. The van der Waals surface area contributed by atoms with E-state index in [1.165, 1.54) is 22.5 Å². The van der Waals surface area contributed by atoms with Crippen LogP contribution in [-0.4, -0.2) is 72.5 Å². The number of aryl methyl sites for hydroxylation is 2. The van der Waals surface area contributed by atoms with E-state index in [9.17, 15) is 9.59 Å². The normalized spacial score (nSPS) is 15.5. The fraction of sp³-hybridized carbons (Fsp3) is 0.500. The molecule has 0 atom stereocenters. The minimum Gasteiger partial charge on any atom is -0.477 e. The molecule has 0 aromatic carbocycles. The fourth-order valence-electron chi connectivity index (χ4n) is 3.02. The van der Waals surface area contributed by atoms with Crippen LogP contribution in [0.4, 0.5) is 0 Å². The molecule has 2 aromatic rings. The lowest BCUT2D eigenvalue weighted by Crippen LogP contribution is -2.48. The van der Waals surface area contributed by atoms with Crippen LogP contribution in [0, 0.1) is 0 Å². The van der Waals surface area contributed by atoms with Crippen LogP contribution in [0.2, 0.25) is 0 Å². The Balaban J connectivity index is 1.45. The zero-order valence-corrected chi connectivity index (χ0v) is 14.2. The number of rotatable bonds is 6. The molecule has 0 bridgehead atoms. The van der Waals surface area contributed by atoms with Crippen LogP contribution < -0.4 is 0 Å². The highest BCUT2D eigenvalue weighted by Crippen LogP contribution is 2.09.